The monoisotopic (exact) mass is 320 g/mol. The Morgan fingerprint density at radius 3 is 2.90 bits per heavy atom. The van der Waals surface area contributed by atoms with Crippen LogP contribution in [0.2, 0.25) is 0 Å². The fourth-order valence-corrected chi connectivity index (χ4v) is 3.23. The molecule has 110 valence electrons. The second-order valence-corrected chi connectivity index (χ2v) is 6.10. The number of imidazole rings is 1. The van der Waals surface area contributed by atoms with Crippen molar-refractivity contribution in [1.82, 2.24) is 9.55 Å². The summed E-state index contributed by atoms with van der Waals surface area (Å²) >= 11 is 7.82. The topological polar surface area (TPSA) is 27.1 Å². The van der Waals surface area contributed by atoms with Crippen LogP contribution in [0.4, 0.5) is 0 Å². The zero-order chi connectivity index (χ0) is 14.7. The molecule has 1 aromatic carbocycles. The molecule has 0 saturated carbocycles. The molecule has 5 heteroatoms. The molecule has 0 bridgehead atoms. The Bertz CT molecular complexity index is 721. The van der Waals surface area contributed by atoms with Gasteiger partial charge in [-0.3, -0.25) is 0 Å². The summed E-state index contributed by atoms with van der Waals surface area (Å²) in [5.74, 6) is 2.12. The van der Waals surface area contributed by atoms with E-state index in [1.165, 1.54) is 4.88 Å². The summed E-state index contributed by atoms with van der Waals surface area (Å²) in [7, 11) is 0. The van der Waals surface area contributed by atoms with Crippen LogP contribution >= 0.6 is 22.9 Å². The first-order valence-corrected chi connectivity index (χ1v) is 8.44. The number of halogens is 1. The predicted octanol–water partition coefficient (Wildman–Crippen LogP) is 4.67. The number of nitrogens with zero attached hydrogens (tertiary/aromatic N) is 2. The van der Waals surface area contributed by atoms with Crippen molar-refractivity contribution >= 4 is 34.0 Å². The molecule has 0 aliphatic carbocycles. The number of alkyl halides is 1. The second-order valence-electron chi connectivity index (χ2n) is 4.80. The molecule has 0 aliphatic rings. The maximum Gasteiger partial charge on any atom is 0.147 e. The minimum atomic E-state index is 0.396. The van der Waals surface area contributed by atoms with Crippen LogP contribution in [0.5, 0.6) is 5.75 Å². The van der Waals surface area contributed by atoms with E-state index >= 15 is 0 Å². The highest BCUT2D eigenvalue weighted by atomic mass is 35.5. The predicted molar refractivity (Wildman–Crippen MR) is 88.5 cm³/mol. The van der Waals surface area contributed by atoms with Gasteiger partial charge in [0.15, 0.2) is 0 Å². The first-order chi connectivity index (χ1) is 10.3. The molecular weight excluding hydrogens is 304 g/mol. The van der Waals surface area contributed by atoms with Crippen LogP contribution in [0.25, 0.3) is 11.0 Å². The fourth-order valence-electron chi connectivity index (χ4n) is 2.33. The summed E-state index contributed by atoms with van der Waals surface area (Å²) in [5, 5.41) is 2.09. The Morgan fingerprint density at radius 1 is 1.29 bits per heavy atom. The molecule has 0 amide bonds. The third-order valence-electron chi connectivity index (χ3n) is 3.30. The van der Waals surface area contributed by atoms with E-state index in [-0.39, 0.29) is 0 Å². The Hall–Kier alpha value is -1.52. The highest BCUT2D eigenvalue weighted by Gasteiger charge is 2.14. The van der Waals surface area contributed by atoms with Gasteiger partial charge >= 0.3 is 0 Å². The summed E-state index contributed by atoms with van der Waals surface area (Å²) in [6.07, 6.45) is 0.981. The molecule has 2 aromatic heterocycles. The van der Waals surface area contributed by atoms with Crippen molar-refractivity contribution < 1.29 is 4.74 Å². The van der Waals surface area contributed by atoms with Gasteiger partial charge in [-0.2, -0.15) is 0 Å². The van der Waals surface area contributed by atoms with Crippen molar-refractivity contribution in [2.24, 2.45) is 0 Å². The molecule has 0 aliphatic heterocycles. The van der Waals surface area contributed by atoms with E-state index in [1.807, 2.05) is 12.1 Å². The molecule has 0 N–H and O–H groups in total. The SMILES string of the molecule is CCCOc1cccc2c1nc(CCl)n2Cc1cccs1. The maximum atomic E-state index is 6.08. The molecule has 21 heavy (non-hydrogen) atoms. The van der Waals surface area contributed by atoms with Gasteiger partial charge in [0, 0.05) is 4.88 Å². The normalized spacial score (nSPS) is 11.1. The molecule has 3 nitrogen and oxygen atoms in total. The van der Waals surface area contributed by atoms with E-state index in [2.05, 4.69) is 40.1 Å². The van der Waals surface area contributed by atoms with E-state index in [1.54, 1.807) is 11.3 Å². The highest BCUT2D eigenvalue weighted by Crippen LogP contribution is 2.28. The molecule has 2 heterocycles. The van der Waals surface area contributed by atoms with Crippen LogP contribution in [-0.2, 0) is 12.4 Å². The molecule has 0 fully saturated rings. The number of hydrogen-bond acceptors (Lipinski definition) is 3. The molecule has 0 atom stereocenters. The minimum absolute atomic E-state index is 0.396. The third kappa shape index (κ3) is 2.92. The van der Waals surface area contributed by atoms with Crippen molar-refractivity contribution in [3.63, 3.8) is 0 Å². The van der Waals surface area contributed by atoms with Gasteiger partial charge in [0.05, 0.1) is 24.5 Å². The zero-order valence-electron chi connectivity index (χ0n) is 11.9. The largest absolute Gasteiger partial charge is 0.491 e. The number of benzene rings is 1. The van der Waals surface area contributed by atoms with Gasteiger partial charge in [0.25, 0.3) is 0 Å². The molecule has 0 radical (unpaired) electrons. The Balaban J connectivity index is 2.05. The Kier molecular flexibility index (Phi) is 4.46. The van der Waals surface area contributed by atoms with Crippen LogP contribution in [-0.4, -0.2) is 16.2 Å². The van der Waals surface area contributed by atoms with Gasteiger partial charge in [-0.25, -0.2) is 4.98 Å². The van der Waals surface area contributed by atoms with Gasteiger partial charge in [0.1, 0.15) is 17.1 Å². The maximum absolute atomic E-state index is 6.08. The third-order valence-corrected chi connectivity index (χ3v) is 4.40. The summed E-state index contributed by atoms with van der Waals surface area (Å²) in [5.41, 5.74) is 1.98. The van der Waals surface area contributed by atoms with Gasteiger partial charge in [-0.1, -0.05) is 19.1 Å². The summed E-state index contributed by atoms with van der Waals surface area (Å²) in [6.45, 7) is 3.60. The van der Waals surface area contributed by atoms with Crippen molar-refractivity contribution in [1.29, 1.82) is 0 Å². The molecule has 0 spiro atoms. The van der Waals surface area contributed by atoms with Crippen molar-refractivity contribution in [2.75, 3.05) is 6.61 Å². The lowest BCUT2D eigenvalue weighted by Gasteiger charge is -2.07. The Morgan fingerprint density at radius 2 is 2.19 bits per heavy atom. The fraction of sp³-hybridized carbons (Fsp3) is 0.312. The quantitative estimate of drug-likeness (QED) is 0.617. The molecule has 3 aromatic rings. The average Bonchev–Trinajstić information content (AvgIpc) is 3.14. The number of rotatable bonds is 6. The lowest BCUT2D eigenvalue weighted by molar-refractivity contribution is 0.320. The van der Waals surface area contributed by atoms with E-state index in [9.17, 15) is 0 Å². The van der Waals surface area contributed by atoms with E-state index in [4.69, 9.17) is 16.3 Å². The van der Waals surface area contributed by atoms with E-state index in [0.717, 1.165) is 35.6 Å². The van der Waals surface area contributed by atoms with Crippen LogP contribution < -0.4 is 4.74 Å². The zero-order valence-corrected chi connectivity index (χ0v) is 13.5. The van der Waals surface area contributed by atoms with Crippen LogP contribution in [0.3, 0.4) is 0 Å². The van der Waals surface area contributed by atoms with Gasteiger partial charge in [-0.15, -0.1) is 22.9 Å². The number of ether oxygens (including phenoxy) is 1. The summed E-state index contributed by atoms with van der Waals surface area (Å²) in [6, 6.07) is 10.3. The number of hydrogen-bond donors (Lipinski definition) is 0. The van der Waals surface area contributed by atoms with Crippen LogP contribution in [0, 0.1) is 0 Å². The number of thiophene rings is 1. The number of fused-ring (bicyclic) bond motifs is 1. The van der Waals surface area contributed by atoms with Gasteiger partial charge in [0.2, 0.25) is 0 Å². The standard InChI is InChI=1S/C16H17ClN2OS/c1-2-8-20-14-7-3-6-13-16(14)18-15(10-17)19(13)11-12-5-4-9-21-12/h3-7,9H,2,8,10-11H2,1H3. The lowest BCUT2D eigenvalue weighted by Crippen LogP contribution is -2.02. The second kappa shape index (κ2) is 6.50. The molecule has 0 saturated heterocycles. The van der Waals surface area contributed by atoms with Crippen molar-refractivity contribution in [3.8, 4) is 5.75 Å². The first-order valence-electron chi connectivity index (χ1n) is 7.02. The Labute approximate surface area is 133 Å². The first kappa shape index (κ1) is 14.4. The smallest absolute Gasteiger partial charge is 0.147 e. The van der Waals surface area contributed by atoms with E-state index in [0.29, 0.717) is 12.5 Å². The highest BCUT2D eigenvalue weighted by molar-refractivity contribution is 7.09. The van der Waals surface area contributed by atoms with Crippen LogP contribution in [0.1, 0.15) is 24.0 Å². The van der Waals surface area contributed by atoms with Gasteiger partial charge < -0.3 is 9.30 Å². The number of aromatic nitrogens is 2. The van der Waals surface area contributed by atoms with E-state index < -0.39 is 0 Å². The molecule has 3 rings (SSSR count). The molecular formula is C16H17ClN2OS. The van der Waals surface area contributed by atoms with Crippen molar-refractivity contribution in [2.45, 2.75) is 25.8 Å². The minimum Gasteiger partial charge on any atom is -0.491 e. The summed E-state index contributed by atoms with van der Waals surface area (Å²) < 4.78 is 7.97. The van der Waals surface area contributed by atoms with Crippen molar-refractivity contribution in [3.05, 3.63) is 46.4 Å². The summed E-state index contributed by atoms with van der Waals surface area (Å²) in [4.78, 5) is 5.97. The lowest BCUT2D eigenvalue weighted by atomic mass is 10.3. The number of para-hydroxylation sites is 1. The van der Waals surface area contributed by atoms with Crippen LogP contribution in [0.15, 0.2) is 35.7 Å². The van der Waals surface area contributed by atoms with Gasteiger partial charge in [-0.05, 0) is 30.0 Å². The average molecular weight is 321 g/mol. The molecule has 0 unspecified atom stereocenters.